The van der Waals surface area contributed by atoms with Crippen LogP contribution < -0.4 is 9.47 Å². The first kappa shape index (κ1) is 24.4. The maximum absolute atomic E-state index is 12.2. The maximum atomic E-state index is 12.2. The van der Waals surface area contributed by atoms with E-state index in [0.717, 1.165) is 61.8 Å². The van der Waals surface area contributed by atoms with Crippen LogP contribution in [0.4, 0.5) is 0 Å². The Kier molecular flexibility index (Phi) is 9.04. The molecule has 0 spiro atoms. The van der Waals surface area contributed by atoms with Crippen LogP contribution in [0.3, 0.4) is 0 Å². The average Bonchev–Trinajstić information content (AvgIpc) is 2.73. The largest absolute Gasteiger partial charge is 0.423 e. The predicted molar refractivity (Wildman–Crippen MR) is 125 cm³/mol. The average molecular weight is 423 g/mol. The first-order valence-electron chi connectivity index (χ1n) is 11.0. The summed E-state index contributed by atoms with van der Waals surface area (Å²) in [6, 6.07) is 3.79. The monoisotopic (exact) mass is 422 g/mol. The molecule has 0 heterocycles. The zero-order valence-corrected chi connectivity index (χ0v) is 19.0. The summed E-state index contributed by atoms with van der Waals surface area (Å²) in [5.74, 6) is -0.234. The van der Waals surface area contributed by atoms with Gasteiger partial charge in [-0.3, -0.25) is 0 Å². The molecule has 2 rings (SSSR count). The number of ether oxygens (including phenoxy) is 2. The Morgan fingerprint density at radius 2 is 1.68 bits per heavy atom. The van der Waals surface area contributed by atoms with Crippen LogP contribution in [0.5, 0.6) is 11.5 Å². The van der Waals surface area contributed by atoms with Crippen LogP contribution in [0.2, 0.25) is 0 Å². The Labute approximate surface area is 186 Å². The van der Waals surface area contributed by atoms with Gasteiger partial charge in [-0.2, -0.15) is 0 Å². The van der Waals surface area contributed by atoms with E-state index in [-0.39, 0.29) is 11.8 Å². The molecule has 0 saturated heterocycles. The molecular formula is C27H34O4. The molecule has 1 aromatic rings. The van der Waals surface area contributed by atoms with Gasteiger partial charge in [0.15, 0.2) is 0 Å². The van der Waals surface area contributed by atoms with Crippen LogP contribution in [0, 0.1) is 5.92 Å². The molecule has 4 nitrogen and oxygen atoms in total. The number of esters is 2. The molecule has 2 atom stereocenters. The number of carbonyl (C=O) groups excluding carboxylic acids is 2. The fourth-order valence-corrected chi connectivity index (χ4v) is 4.08. The Morgan fingerprint density at radius 3 is 2.16 bits per heavy atom. The molecule has 4 heteroatoms. The van der Waals surface area contributed by atoms with Crippen LogP contribution in [0.25, 0.3) is 0 Å². The van der Waals surface area contributed by atoms with Gasteiger partial charge in [-0.25, -0.2) is 9.59 Å². The molecule has 0 unspecified atom stereocenters. The lowest BCUT2D eigenvalue weighted by Gasteiger charge is -2.32. The van der Waals surface area contributed by atoms with Gasteiger partial charge in [0, 0.05) is 23.6 Å². The highest BCUT2D eigenvalue weighted by molar-refractivity contribution is 5.85. The highest BCUT2D eigenvalue weighted by Crippen LogP contribution is 2.47. The summed E-state index contributed by atoms with van der Waals surface area (Å²) in [6.45, 7) is 17.5. The van der Waals surface area contributed by atoms with E-state index in [2.05, 4.69) is 39.7 Å². The summed E-state index contributed by atoms with van der Waals surface area (Å²) < 4.78 is 11.4. The quantitative estimate of drug-likeness (QED) is 0.140. The molecule has 0 amide bonds. The van der Waals surface area contributed by atoms with Gasteiger partial charge in [0.2, 0.25) is 0 Å². The lowest BCUT2D eigenvalue weighted by Crippen LogP contribution is -2.20. The second kappa shape index (κ2) is 11.5. The smallest absolute Gasteiger partial charge is 0.335 e. The fraction of sp³-hybridized carbons (Fsp3) is 0.407. The summed E-state index contributed by atoms with van der Waals surface area (Å²) in [5.41, 5.74) is 3.94. The van der Waals surface area contributed by atoms with Crippen molar-refractivity contribution in [1.29, 1.82) is 0 Å². The summed E-state index contributed by atoms with van der Waals surface area (Å²) in [4.78, 5) is 24.3. The zero-order chi connectivity index (χ0) is 23.0. The first-order chi connectivity index (χ1) is 14.8. The third-order valence-corrected chi connectivity index (χ3v) is 5.70. The third-order valence-electron chi connectivity index (χ3n) is 5.70. The molecule has 0 fully saturated rings. The van der Waals surface area contributed by atoms with Gasteiger partial charge in [-0.1, -0.05) is 56.7 Å². The van der Waals surface area contributed by atoms with E-state index in [4.69, 9.17) is 9.47 Å². The molecule has 0 N–H and O–H groups in total. The van der Waals surface area contributed by atoms with Crippen LogP contribution in [-0.2, 0) is 16.0 Å². The van der Waals surface area contributed by atoms with E-state index < -0.39 is 11.9 Å². The summed E-state index contributed by atoms with van der Waals surface area (Å²) >= 11 is 0. The molecule has 0 aliphatic heterocycles. The lowest BCUT2D eigenvalue weighted by molar-refractivity contribution is -0.129. The number of unbranched alkanes of at least 4 members (excludes halogenated alkanes) is 2. The number of rotatable bonds is 10. The van der Waals surface area contributed by atoms with Gasteiger partial charge in [0.05, 0.1) is 0 Å². The number of carbonyl (C=O) groups is 2. The van der Waals surface area contributed by atoms with Crippen molar-refractivity contribution in [2.75, 3.05) is 0 Å². The van der Waals surface area contributed by atoms with Crippen molar-refractivity contribution < 1.29 is 19.1 Å². The van der Waals surface area contributed by atoms with Crippen molar-refractivity contribution >= 4 is 11.9 Å². The van der Waals surface area contributed by atoms with E-state index in [1.807, 2.05) is 19.1 Å². The topological polar surface area (TPSA) is 52.6 Å². The summed E-state index contributed by atoms with van der Waals surface area (Å²) in [5, 5.41) is 0. The van der Waals surface area contributed by atoms with Gasteiger partial charge >= 0.3 is 11.9 Å². The standard InChI is InChI=1S/C27H34O4/c1-7-10-11-12-20-16-23(30-25(28)8-2)27(24(17-20)31-26(29)9-3)22-15-19(6)13-14-21(22)18(4)5/h8-9,15-17,21-22H,2-4,7,10-14H2,1,5-6H3/t21-,22+/m0/s1. The summed E-state index contributed by atoms with van der Waals surface area (Å²) in [6.07, 6.45) is 10.4. The Morgan fingerprint density at radius 1 is 1.10 bits per heavy atom. The normalized spacial score (nSPS) is 18.0. The van der Waals surface area contributed by atoms with E-state index >= 15 is 0 Å². The number of hydrogen-bond acceptors (Lipinski definition) is 4. The van der Waals surface area contributed by atoms with Crippen LogP contribution in [0.1, 0.15) is 69.9 Å². The van der Waals surface area contributed by atoms with E-state index in [0.29, 0.717) is 17.1 Å². The first-order valence-corrected chi connectivity index (χ1v) is 11.0. The van der Waals surface area contributed by atoms with Crippen molar-refractivity contribution in [2.45, 2.75) is 65.2 Å². The zero-order valence-electron chi connectivity index (χ0n) is 19.0. The molecule has 0 radical (unpaired) electrons. The van der Waals surface area contributed by atoms with Gasteiger partial charge in [0.1, 0.15) is 11.5 Å². The number of aryl methyl sites for hydroxylation is 1. The highest BCUT2D eigenvalue weighted by Gasteiger charge is 2.32. The molecule has 0 saturated carbocycles. The number of benzene rings is 1. The van der Waals surface area contributed by atoms with Crippen LogP contribution >= 0.6 is 0 Å². The van der Waals surface area contributed by atoms with Crippen molar-refractivity contribution in [3.8, 4) is 11.5 Å². The van der Waals surface area contributed by atoms with Gasteiger partial charge in [-0.15, -0.1) is 0 Å². The molecular weight excluding hydrogens is 388 g/mol. The number of allylic oxidation sites excluding steroid dienone is 3. The second-order valence-electron chi connectivity index (χ2n) is 8.24. The minimum atomic E-state index is -0.545. The molecule has 0 aromatic heterocycles. The van der Waals surface area contributed by atoms with E-state index in [1.165, 1.54) is 5.57 Å². The highest BCUT2D eigenvalue weighted by atomic mass is 16.5. The second-order valence-corrected chi connectivity index (χ2v) is 8.24. The Hall–Kier alpha value is -2.88. The maximum Gasteiger partial charge on any atom is 0.335 e. The van der Waals surface area contributed by atoms with Crippen molar-refractivity contribution in [1.82, 2.24) is 0 Å². The van der Waals surface area contributed by atoms with Crippen LogP contribution in [-0.4, -0.2) is 11.9 Å². The molecule has 31 heavy (non-hydrogen) atoms. The molecule has 1 aliphatic rings. The Balaban J connectivity index is 2.69. The number of hydrogen-bond donors (Lipinski definition) is 0. The van der Waals surface area contributed by atoms with Gasteiger partial charge < -0.3 is 9.47 Å². The third kappa shape index (κ3) is 6.55. The molecule has 166 valence electrons. The van der Waals surface area contributed by atoms with E-state index in [1.54, 1.807) is 0 Å². The predicted octanol–water partition coefficient (Wildman–Crippen LogP) is 6.62. The minimum absolute atomic E-state index is 0.115. The molecule has 1 aromatic carbocycles. The lowest BCUT2D eigenvalue weighted by atomic mass is 9.73. The van der Waals surface area contributed by atoms with Crippen molar-refractivity contribution in [2.24, 2.45) is 5.92 Å². The SMILES string of the molecule is C=CC(=O)Oc1cc(CCCCC)cc(OC(=O)C=C)c1[C@@H]1C=C(C)CC[C@H]1C(=C)C. The van der Waals surface area contributed by atoms with Gasteiger partial charge in [0.25, 0.3) is 0 Å². The molecule has 1 aliphatic carbocycles. The minimum Gasteiger partial charge on any atom is -0.423 e. The van der Waals surface area contributed by atoms with Crippen molar-refractivity contribution in [3.63, 3.8) is 0 Å². The van der Waals surface area contributed by atoms with Crippen LogP contribution in [0.15, 0.2) is 61.2 Å². The van der Waals surface area contributed by atoms with Gasteiger partial charge in [-0.05, 0) is 63.1 Å². The van der Waals surface area contributed by atoms with E-state index in [9.17, 15) is 9.59 Å². The summed E-state index contributed by atoms with van der Waals surface area (Å²) in [7, 11) is 0. The molecule has 0 bridgehead atoms. The van der Waals surface area contributed by atoms with Crippen molar-refractivity contribution in [3.05, 3.63) is 72.4 Å². The fourth-order valence-electron chi connectivity index (χ4n) is 4.08. The Bertz CT molecular complexity index is 847.